The van der Waals surface area contributed by atoms with Gasteiger partial charge in [-0.05, 0) is 56.5 Å². The third kappa shape index (κ3) is 3.72. The molecule has 9 heteroatoms. The van der Waals surface area contributed by atoms with Crippen molar-refractivity contribution >= 4 is 23.0 Å². The highest BCUT2D eigenvalue weighted by Crippen LogP contribution is 2.40. The van der Waals surface area contributed by atoms with Gasteiger partial charge in [-0.2, -0.15) is 5.26 Å². The van der Waals surface area contributed by atoms with Crippen LogP contribution in [0.3, 0.4) is 0 Å². The van der Waals surface area contributed by atoms with Crippen molar-refractivity contribution in [2.24, 2.45) is 10.9 Å². The lowest BCUT2D eigenvalue weighted by atomic mass is 9.96. The van der Waals surface area contributed by atoms with E-state index in [1.807, 2.05) is 41.8 Å². The number of carboxylic acid groups (broad SMARTS) is 1. The number of nitriles is 1. The van der Waals surface area contributed by atoms with Gasteiger partial charge in [-0.25, -0.2) is 4.98 Å². The highest BCUT2D eigenvalue weighted by atomic mass is 32.1. The molecule has 3 aromatic heterocycles. The summed E-state index contributed by atoms with van der Waals surface area (Å²) in [5, 5.41) is 28.6. The molecule has 0 aliphatic carbocycles. The van der Waals surface area contributed by atoms with Gasteiger partial charge in [0.05, 0.1) is 11.6 Å². The normalized spacial score (nSPS) is 15.4. The fourth-order valence-corrected chi connectivity index (χ4v) is 5.52. The van der Waals surface area contributed by atoms with Gasteiger partial charge in [-0.15, -0.1) is 21.5 Å². The zero-order chi connectivity index (χ0) is 24.9. The molecule has 1 aromatic carbocycles. The molecule has 4 heterocycles. The number of carbonyl (C=O) groups is 1. The smallest absolute Gasteiger partial charge is 0.308 e. The summed E-state index contributed by atoms with van der Waals surface area (Å²) in [7, 11) is 0. The molecule has 0 amide bonds. The standard InChI is InChI=1S/C26H22N6O2S/c1-13-15(3)35-25-21(13)23(29-22(14(2)26(33)34)24-31-30-16(4)32(24)25)18-7-5-17(6-8-18)19-9-10-28-20(11-19)12-27/h5-11,14,22H,1-4H3,(H,33,34)/t14?,22-/m0/s1. The Balaban J connectivity index is 1.70. The Morgan fingerprint density at radius 1 is 1.11 bits per heavy atom. The third-order valence-corrected chi connectivity index (χ3v) is 7.61. The van der Waals surface area contributed by atoms with Gasteiger partial charge in [0.25, 0.3) is 0 Å². The highest BCUT2D eigenvalue weighted by Gasteiger charge is 2.36. The lowest BCUT2D eigenvalue weighted by molar-refractivity contribution is -0.141. The van der Waals surface area contributed by atoms with Crippen LogP contribution in [-0.2, 0) is 4.79 Å². The SMILES string of the molecule is Cc1sc2c(c1C)C(c1ccc(-c3ccnc(C#N)c3)cc1)=N[C@@H](C(C)C(=O)O)c1nnc(C)n1-2. The number of rotatable bonds is 4. The monoisotopic (exact) mass is 482 g/mol. The summed E-state index contributed by atoms with van der Waals surface area (Å²) in [6.07, 6.45) is 1.62. The van der Waals surface area contributed by atoms with Crippen LogP contribution in [0.2, 0.25) is 0 Å². The van der Waals surface area contributed by atoms with Gasteiger partial charge >= 0.3 is 5.97 Å². The van der Waals surface area contributed by atoms with E-state index in [0.29, 0.717) is 17.3 Å². The maximum Gasteiger partial charge on any atom is 0.308 e. The molecule has 0 spiro atoms. The molecule has 0 saturated carbocycles. The van der Waals surface area contributed by atoms with E-state index in [1.165, 1.54) is 0 Å². The molecule has 0 bridgehead atoms. The van der Waals surface area contributed by atoms with Crippen molar-refractivity contribution in [1.29, 1.82) is 5.26 Å². The summed E-state index contributed by atoms with van der Waals surface area (Å²) in [5.74, 6) is -0.497. The first-order valence-corrected chi connectivity index (χ1v) is 11.9. The lowest BCUT2D eigenvalue weighted by Crippen LogP contribution is -2.21. The fraction of sp³-hybridized carbons (Fsp3) is 0.231. The number of hydrogen-bond acceptors (Lipinski definition) is 7. The van der Waals surface area contributed by atoms with Crippen LogP contribution in [0.5, 0.6) is 0 Å². The Labute approximate surface area is 206 Å². The molecule has 1 unspecified atom stereocenters. The van der Waals surface area contributed by atoms with E-state index in [2.05, 4.69) is 35.1 Å². The minimum absolute atomic E-state index is 0.359. The molecule has 0 radical (unpaired) electrons. The average Bonchev–Trinajstić information content (AvgIpc) is 3.33. The average molecular weight is 483 g/mol. The quantitative estimate of drug-likeness (QED) is 0.446. The highest BCUT2D eigenvalue weighted by molar-refractivity contribution is 7.15. The number of aromatic nitrogens is 4. The van der Waals surface area contributed by atoms with Crippen LogP contribution >= 0.6 is 11.3 Å². The molecule has 5 rings (SSSR count). The van der Waals surface area contributed by atoms with Gasteiger partial charge in [0.2, 0.25) is 0 Å². The van der Waals surface area contributed by atoms with E-state index in [0.717, 1.165) is 43.4 Å². The predicted octanol–water partition coefficient (Wildman–Crippen LogP) is 4.80. The van der Waals surface area contributed by atoms with Gasteiger partial charge in [0.15, 0.2) is 5.82 Å². The first kappa shape index (κ1) is 22.6. The van der Waals surface area contributed by atoms with Gasteiger partial charge in [-0.1, -0.05) is 24.3 Å². The van der Waals surface area contributed by atoms with Gasteiger partial charge < -0.3 is 5.11 Å². The maximum atomic E-state index is 12.0. The molecule has 174 valence electrons. The number of carboxylic acids is 1. The molecule has 35 heavy (non-hydrogen) atoms. The van der Waals surface area contributed by atoms with E-state index < -0.39 is 17.9 Å². The van der Waals surface area contributed by atoms with Gasteiger partial charge in [0, 0.05) is 22.2 Å². The minimum Gasteiger partial charge on any atom is -0.481 e. The van der Waals surface area contributed by atoms with Crippen LogP contribution in [-0.4, -0.2) is 36.5 Å². The van der Waals surface area contributed by atoms with Crippen LogP contribution in [0.1, 0.15) is 51.9 Å². The second kappa shape index (κ2) is 8.56. The van der Waals surface area contributed by atoms with Crippen LogP contribution in [0, 0.1) is 38.0 Å². The number of nitrogens with zero attached hydrogens (tertiary/aromatic N) is 6. The van der Waals surface area contributed by atoms with Crippen molar-refractivity contribution in [1.82, 2.24) is 19.7 Å². The molecule has 1 aliphatic heterocycles. The summed E-state index contributed by atoms with van der Waals surface area (Å²) < 4.78 is 1.95. The molecule has 2 atom stereocenters. The summed E-state index contributed by atoms with van der Waals surface area (Å²) in [6, 6.07) is 12.9. The van der Waals surface area contributed by atoms with Crippen molar-refractivity contribution in [3.8, 4) is 22.2 Å². The molecule has 1 aliphatic rings. The zero-order valence-electron chi connectivity index (χ0n) is 19.6. The van der Waals surface area contributed by atoms with Crippen molar-refractivity contribution in [3.05, 3.63) is 81.5 Å². The van der Waals surface area contributed by atoms with Gasteiger partial charge in [0.1, 0.15) is 28.6 Å². The Hall–Kier alpha value is -4.16. The van der Waals surface area contributed by atoms with E-state index >= 15 is 0 Å². The fourth-order valence-electron chi connectivity index (χ4n) is 4.31. The topological polar surface area (TPSA) is 117 Å². The number of aryl methyl sites for hydroxylation is 2. The maximum absolute atomic E-state index is 12.0. The molecule has 8 nitrogen and oxygen atoms in total. The number of thiophene rings is 1. The Kier molecular flexibility index (Phi) is 5.53. The van der Waals surface area contributed by atoms with Crippen molar-refractivity contribution in [2.75, 3.05) is 0 Å². The van der Waals surface area contributed by atoms with Crippen molar-refractivity contribution < 1.29 is 9.90 Å². The predicted molar refractivity (Wildman–Crippen MR) is 133 cm³/mol. The van der Waals surface area contributed by atoms with Crippen molar-refractivity contribution in [2.45, 2.75) is 33.7 Å². The number of aliphatic carboxylic acids is 1. The second-order valence-electron chi connectivity index (χ2n) is 8.57. The van der Waals surface area contributed by atoms with Crippen LogP contribution in [0.4, 0.5) is 0 Å². The summed E-state index contributed by atoms with van der Waals surface area (Å²) in [4.78, 5) is 22.2. The first-order valence-electron chi connectivity index (χ1n) is 11.1. The number of pyridine rings is 1. The van der Waals surface area contributed by atoms with E-state index in [9.17, 15) is 15.2 Å². The number of benzene rings is 1. The Bertz CT molecular complexity index is 1540. The first-order chi connectivity index (χ1) is 16.8. The number of aliphatic imine (C=N–C) groups is 1. The zero-order valence-corrected chi connectivity index (χ0v) is 20.5. The third-order valence-electron chi connectivity index (χ3n) is 6.42. The molecular weight excluding hydrogens is 460 g/mol. The summed E-state index contributed by atoms with van der Waals surface area (Å²) in [5.41, 5.74) is 5.89. The van der Waals surface area contributed by atoms with Crippen molar-refractivity contribution in [3.63, 3.8) is 0 Å². The van der Waals surface area contributed by atoms with Gasteiger partial charge in [-0.3, -0.25) is 14.4 Å². The van der Waals surface area contributed by atoms with Crippen LogP contribution < -0.4 is 0 Å². The molecular formula is C26H22N6O2S. The summed E-state index contributed by atoms with van der Waals surface area (Å²) >= 11 is 1.63. The number of fused-ring (bicyclic) bond motifs is 3. The molecule has 0 fully saturated rings. The Morgan fingerprint density at radius 3 is 2.51 bits per heavy atom. The number of hydrogen-bond donors (Lipinski definition) is 1. The summed E-state index contributed by atoms with van der Waals surface area (Å²) in [6.45, 7) is 7.66. The Morgan fingerprint density at radius 2 is 1.83 bits per heavy atom. The second-order valence-corrected chi connectivity index (χ2v) is 9.78. The minimum atomic E-state index is -0.940. The van der Waals surface area contributed by atoms with Crippen LogP contribution in [0.25, 0.3) is 16.1 Å². The molecule has 0 saturated heterocycles. The van der Waals surface area contributed by atoms with Crippen LogP contribution in [0.15, 0.2) is 47.6 Å². The lowest BCUT2D eigenvalue weighted by Gasteiger charge is -2.16. The molecule has 4 aromatic rings. The largest absolute Gasteiger partial charge is 0.481 e. The van der Waals surface area contributed by atoms with E-state index in [4.69, 9.17) is 4.99 Å². The van der Waals surface area contributed by atoms with E-state index in [-0.39, 0.29) is 0 Å². The van der Waals surface area contributed by atoms with E-state index in [1.54, 1.807) is 30.5 Å². The molecule has 1 N–H and O–H groups in total.